The Kier molecular flexibility index (Phi) is 15.2. The van der Waals surface area contributed by atoms with E-state index in [0.717, 1.165) is 105 Å². The maximum Gasteiger partial charge on any atom is 0.161 e. The smallest absolute Gasteiger partial charge is 0.161 e. The van der Waals surface area contributed by atoms with Crippen LogP contribution in [0.4, 0.5) is 0 Å². The highest BCUT2D eigenvalue weighted by Crippen LogP contribution is 2.45. The average Bonchev–Trinajstić information content (AvgIpc) is 1.68. The van der Waals surface area contributed by atoms with Crippen molar-refractivity contribution in [1.29, 1.82) is 0 Å². The topological polar surface area (TPSA) is 61.4 Å². The van der Waals surface area contributed by atoms with E-state index in [-0.39, 0.29) is 0 Å². The second kappa shape index (κ2) is 26.5. The molecule has 0 saturated carbocycles. The number of nitrogens with zero attached hydrogens (tertiary/aromatic N) is 6. The molecule has 23 rings (SSSR count). The zero-order valence-electron chi connectivity index (χ0n) is 60.8. The first-order chi connectivity index (χ1) is 55.5. The van der Waals surface area contributed by atoms with Crippen molar-refractivity contribution in [2.24, 2.45) is 0 Å². The van der Waals surface area contributed by atoms with Crippen molar-refractivity contribution < 1.29 is 0 Å². The molecule has 0 atom stereocenters. The van der Waals surface area contributed by atoms with Gasteiger partial charge < -0.3 is 9.13 Å². The van der Waals surface area contributed by atoms with Gasteiger partial charge in [0.15, 0.2) is 11.6 Å². The van der Waals surface area contributed by atoms with E-state index in [2.05, 4.69) is 410 Å². The Morgan fingerprint density at radius 2 is 0.464 bits per heavy atom. The molecule has 0 aliphatic rings. The van der Waals surface area contributed by atoms with Gasteiger partial charge in [0.25, 0.3) is 0 Å². The van der Waals surface area contributed by atoms with Gasteiger partial charge in [0, 0.05) is 65.9 Å². The Morgan fingerprint density at radius 3 is 0.857 bits per heavy atom. The summed E-state index contributed by atoms with van der Waals surface area (Å²) in [6.07, 6.45) is 0. The Labute approximate surface area is 645 Å². The van der Waals surface area contributed by atoms with Crippen LogP contribution in [0.5, 0.6) is 0 Å². The minimum absolute atomic E-state index is 0.712. The second-order valence-electron chi connectivity index (χ2n) is 29.1. The van der Waals surface area contributed by atoms with Gasteiger partial charge in [-0.3, -0.25) is 0 Å². The van der Waals surface area contributed by atoms with Gasteiger partial charge in [0.05, 0.1) is 44.5 Å². The third-order valence-electron chi connectivity index (χ3n) is 22.7. The molecule has 0 radical (unpaired) electrons. The maximum atomic E-state index is 5.38. The molecule has 0 aliphatic carbocycles. The molecule has 0 fully saturated rings. The monoisotopic (exact) mass is 1420 g/mol. The highest BCUT2D eigenvalue weighted by atomic mass is 15.0. The second-order valence-corrected chi connectivity index (χ2v) is 29.1. The zero-order valence-corrected chi connectivity index (χ0v) is 60.8. The summed E-state index contributed by atoms with van der Waals surface area (Å²) in [5.74, 6) is 1.43. The van der Waals surface area contributed by atoms with Crippen LogP contribution in [0, 0.1) is 0 Å². The number of rotatable bonds is 9. The summed E-state index contributed by atoms with van der Waals surface area (Å²) in [6.45, 7) is 0. The number of benzene rings is 19. The zero-order chi connectivity index (χ0) is 73.7. The summed E-state index contributed by atoms with van der Waals surface area (Å²) in [4.78, 5) is 21.1. The number of para-hydroxylation sites is 2. The first kappa shape index (κ1) is 64.2. The van der Waals surface area contributed by atoms with E-state index in [1.165, 1.54) is 109 Å². The molecule has 0 N–H and O–H groups in total. The standard InChI is InChI=1S/C56H35N3.C50H31N3/c1-2-12-36(13-3-1)37-24-26-38(27-25-37)41-16-10-18-43(34-41)55-49-21-8-9-23-50(49)57-56(58-55)48-22-11-17-42-35-44(30-31-45(42)48)59-51-32-28-39-14-4-6-19-46(39)53(51)54-47-20-7-5-15-40(47)29-33-52(54)59;1-2-12-32(13-3-1)35-16-10-18-37(30-35)49-43-21-8-9-23-44(43)51-50(52-49)42-22-11-17-36-31-38(26-27-39(36)42)53-45-28-24-33-14-4-6-19-40(33)47(45)48-41-20-7-5-15-34(41)25-29-46(48)53/h1-35H;1-31H. The summed E-state index contributed by atoms with van der Waals surface area (Å²) in [7, 11) is 0. The molecule has 0 aliphatic heterocycles. The van der Waals surface area contributed by atoms with E-state index in [1.54, 1.807) is 0 Å². The van der Waals surface area contributed by atoms with E-state index in [4.69, 9.17) is 19.9 Å². The van der Waals surface area contributed by atoms with Crippen LogP contribution in [0.25, 0.3) is 220 Å². The molecule has 0 saturated heterocycles. The number of fused-ring (bicyclic) bond motifs is 18. The largest absolute Gasteiger partial charge is 0.309 e. The molecule has 520 valence electrons. The molecule has 0 amide bonds. The Bertz CT molecular complexity index is 7560. The van der Waals surface area contributed by atoms with E-state index in [0.29, 0.717) is 5.82 Å². The number of hydrogen-bond acceptors (Lipinski definition) is 4. The molecule has 0 unspecified atom stereocenters. The van der Waals surface area contributed by atoms with Crippen molar-refractivity contribution in [3.05, 3.63) is 400 Å². The third-order valence-corrected chi connectivity index (χ3v) is 22.7. The SMILES string of the molecule is c1ccc(-c2ccc(-c3cccc(-c4nc(-c5cccc6cc(-n7c8ccc9ccccc9c8c8c9ccccc9ccc87)ccc56)nc5ccccc45)c3)cc2)cc1.c1ccc(-c2cccc(-c3nc(-c4cccc5cc(-n6c7ccc8ccccc8c7c7c8ccccc8ccc76)ccc45)nc4ccccc34)c2)cc1. The van der Waals surface area contributed by atoms with Gasteiger partial charge in [-0.2, -0.15) is 0 Å². The minimum atomic E-state index is 0.712. The Balaban J connectivity index is 0.000000138. The van der Waals surface area contributed by atoms with Gasteiger partial charge in [-0.15, -0.1) is 0 Å². The lowest BCUT2D eigenvalue weighted by Crippen LogP contribution is -1.97. The molecule has 4 heterocycles. The van der Waals surface area contributed by atoms with Crippen LogP contribution in [0.2, 0.25) is 0 Å². The van der Waals surface area contributed by atoms with E-state index < -0.39 is 0 Å². The molecule has 6 heteroatoms. The van der Waals surface area contributed by atoms with E-state index in [9.17, 15) is 0 Å². The fourth-order valence-corrected chi connectivity index (χ4v) is 17.5. The van der Waals surface area contributed by atoms with E-state index in [1.807, 2.05) is 0 Å². The molecule has 0 spiro atoms. The highest BCUT2D eigenvalue weighted by molar-refractivity contribution is 6.30. The van der Waals surface area contributed by atoms with Crippen molar-refractivity contribution in [3.63, 3.8) is 0 Å². The van der Waals surface area contributed by atoms with Crippen molar-refractivity contribution in [2.75, 3.05) is 0 Å². The molecule has 0 bridgehead atoms. The van der Waals surface area contributed by atoms with Gasteiger partial charge in [-0.25, -0.2) is 19.9 Å². The maximum absolute atomic E-state index is 5.38. The minimum Gasteiger partial charge on any atom is -0.309 e. The van der Waals surface area contributed by atoms with Crippen LogP contribution in [0.15, 0.2) is 400 Å². The van der Waals surface area contributed by atoms with Crippen LogP contribution in [-0.2, 0) is 0 Å². The fourth-order valence-electron chi connectivity index (χ4n) is 17.5. The van der Waals surface area contributed by atoms with Crippen LogP contribution < -0.4 is 0 Å². The van der Waals surface area contributed by atoms with Gasteiger partial charge in [-0.1, -0.05) is 328 Å². The van der Waals surface area contributed by atoms with Crippen LogP contribution in [0.3, 0.4) is 0 Å². The van der Waals surface area contributed by atoms with Gasteiger partial charge in [0.1, 0.15) is 0 Å². The van der Waals surface area contributed by atoms with Crippen LogP contribution >= 0.6 is 0 Å². The normalized spacial score (nSPS) is 11.8. The molecular formula is C106H66N6. The van der Waals surface area contributed by atoms with Crippen LogP contribution in [-0.4, -0.2) is 29.1 Å². The lowest BCUT2D eigenvalue weighted by atomic mass is 9.97. The Hall–Kier alpha value is -15.0. The molecule has 19 aromatic carbocycles. The summed E-state index contributed by atoms with van der Waals surface area (Å²) in [5.41, 5.74) is 22.0. The van der Waals surface area contributed by atoms with Crippen molar-refractivity contribution in [2.45, 2.75) is 0 Å². The van der Waals surface area contributed by atoms with Gasteiger partial charge >= 0.3 is 0 Å². The summed E-state index contributed by atoms with van der Waals surface area (Å²) in [5, 5.41) is 21.8. The lowest BCUT2D eigenvalue weighted by molar-refractivity contribution is 1.19. The number of hydrogen-bond donors (Lipinski definition) is 0. The first-order valence-electron chi connectivity index (χ1n) is 38.2. The predicted octanol–water partition coefficient (Wildman–Crippen LogP) is 28.0. The summed E-state index contributed by atoms with van der Waals surface area (Å²) in [6, 6.07) is 144. The highest BCUT2D eigenvalue weighted by Gasteiger charge is 2.23. The van der Waals surface area contributed by atoms with E-state index >= 15 is 0 Å². The molecule has 112 heavy (non-hydrogen) atoms. The molecule has 23 aromatic rings. The quantitative estimate of drug-likeness (QED) is 0.144. The molecule has 6 nitrogen and oxygen atoms in total. The van der Waals surface area contributed by atoms with Gasteiger partial charge in [-0.05, 0) is 171 Å². The predicted molar refractivity (Wildman–Crippen MR) is 471 cm³/mol. The van der Waals surface area contributed by atoms with Gasteiger partial charge in [0.2, 0.25) is 0 Å². The van der Waals surface area contributed by atoms with Crippen molar-refractivity contribution >= 4 is 130 Å². The average molecular weight is 1420 g/mol. The van der Waals surface area contributed by atoms with Crippen LogP contribution in [0.1, 0.15) is 0 Å². The third kappa shape index (κ3) is 10.8. The number of aromatic nitrogens is 6. The molecule has 4 aromatic heterocycles. The van der Waals surface area contributed by atoms with Crippen molar-refractivity contribution in [3.8, 4) is 90.0 Å². The first-order valence-corrected chi connectivity index (χ1v) is 38.2. The summed E-state index contributed by atoms with van der Waals surface area (Å²) < 4.78 is 4.86. The summed E-state index contributed by atoms with van der Waals surface area (Å²) >= 11 is 0. The lowest BCUT2D eigenvalue weighted by Gasteiger charge is -2.14. The molecular weight excluding hydrogens is 1360 g/mol. The fraction of sp³-hybridized carbons (Fsp3) is 0. The Morgan fingerprint density at radius 1 is 0.170 bits per heavy atom. The van der Waals surface area contributed by atoms with Crippen molar-refractivity contribution in [1.82, 2.24) is 29.1 Å².